The van der Waals surface area contributed by atoms with Gasteiger partial charge in [-0.25, -0.2) is 0 Å². The van der Waals surface area contributed by atoms with Crippen molar-refractivity contribution in [3.63, 3.8) is 0 Å². The minimum Gasteiger partial charge on any atom is -0.305 e. The zero-order chi connectivity index (χ0) is 44.3. The Bertz CT molecular complexity index is 885. The van der Waals surface area contributed by atoms with Crippen molar-refractivity contribution in [1.29, 1.82) is 0 Å². The Morgan fingerprint density at radius 2 is 0.421 bits per heavy atom. The van der Waals surface area contributed by atoms with Crippen LogP contribution in [0.1, 0.15) is 195 Å². The first-order chi connectivity index (χ1) is 25.9. The number of likely N-dealkylation sites (tertiary alicyclic amines) is 4. The molecule has 5 rings (SSSR count). The summed E-state index contributed by atoms with van der Waals surface area (Å²) < 4.78 is 0. The van der Waals surface area contributed by atoms with E-state index in [1.54, 1.807) is 0 Å². The van der Waals surface area contributed by atoms with Crippen LogP contribution in [0, 0.1) is 0 Å². The van der Waals surface area contributed by atoms with Crippen molar-refractivity contribution < 1.29 is 0 Å². The third-order valence-corrected chi connectivity index (χ3v) is 12.8. The minimum atomic E-state index is 0.333. The highest BCUT2D eigenvalue weighted by atomic mass is 15.3. The van der Waals surface area contributed by atoms with Crippen LogP contribution < -0.4 is 0 Å². The van der Waals surface area contributed by atoms with E-state index in [1.807, 2.05) is 0 Å². The molecule has 0 aromatic heterocycles. The Hall–Kier alpha value is -0.280. The standard InChI is InChI=1S/C9H20N2.3C9H19N.C8H17N.C6H15N/c1-9(2,3)11-7-5-10(4)6-8-11;3*1-9(2,3)10-7-5-4-6-8-10;1-8(2,3)9-6-4-5-7-9;1-6(2,3)7(4)5/h5-8H2,1-4H3;3*4-8H2,1-3H3;4-7H2,1-3H3;1-5H3. The van der Waals surface area contributed by atoms with Crippen molar-refractivity contribution in [1.82, 2.24) is 34.3 Å². The molecule has 0 aliphatic carbocycles. The maximum atomic E-state index is 2.58. The van der Waals surface area contributed by atoms with Crippen molar-refractivity contribution in [2.45, 2.75) is 228 Å². The number of likely N-dealkylation sites (N-methyl/N-ethyl adjacent to an activating group) is 1. The largest absolute Gasteiger partial charge is 0.305 e. The van der Waals surface area contributed by atoms with Crippen molar-refractivity contribution >= 4 is 0 Å². The van der Waals surface area contributed by atoms with Gasteiger partial charge in [-0.05, 0) is 249 Å². The lowest BCUT2D eigenvalue weighted by Crippen LogP contribution is -2.52. The van der Waals surface area contributed by atoms with Crippen LogP contribution in [0.25, 0.3) is 0 Å². The van der Waals surface area contributed by atoms with Gasteiger partial charge in [-0.1, -0.05) is 19.3 Å². The Kier molecular flexibility index (Phi) is 26.1. The van der Waals surface area contributed by atoms with E-state index >= 15 is 0 Å². The molecule has 0 unspecified atom stereocenters. The zero-order valence-corrected chi connectivity index (χ0v) is 43.4. The van der Waals surface area contributed by atoms with Crippen molar-refractivity contribution in [3.8, 4) is 0 Å². The maximum absolute atomic E-state index is 2.58. The fourth-order valence-corrected chi connectivity index (χ4v) is 7.56. The third kappa shape index (κ3) is 27.3. The van der Waals surface area contributed by atoms with E-state index in [9.17, 15) is 0 Å². The van der Waals surface area contributed by atoms with Gasteiger partial charge < -0.3 is 9.80 Å². The Labute approximate surface area is 361 Å². The molecule has 0 N–H and O–H groups in total. The molecule has 7 heteroatoms. The zero-order valence-electron chi connectivity index (χ0n) is 43.4. The quantitative estimate of drug-likeness (QED) is 0.240. The van der Waals surface area contributed by atoms with Gasteiger partial charge in [0.1, 0.15) is 0 Å². The number of hydrogen-bond acceptors (Lipinski definition) is 7. The highest BCUT2D eigenvalue weighted by Crippen LogP contribution is 2.22. The van der Waals surface area contributed by atoms with Crippen LogP contribution in [0.15, 0.2) is 0 Å². The van der Waals surface area contributed by atoms with Crippen LogP contribution in [0.5, 0.6) is 0 Å². The predicted molar refractivity (Wildman–Crippen MR) is 258 cm³/mol. The first-order valence-corrected chi connectivity index (χ1v) is 24.0. The molecule has 0 spiro atoms. The topological polar surface area (TPSA) is 22.7 Å². The molecule has 57 heavy (non-hydrogen) atoms. The number of hydrogen-bond donors (Lipinski definition) is 0. The SMILES string of the molecule is CC(C)(C)N1CCCC1.CC(C)(C)N1CCCCC1.CC(C)(C)N1CCCCC1.CC(C)(C)N1CCCCC1.CN(C)C(C)(C)C.CN1CCN(C(C)(C)C)CC1. The van der Waals surface area contributed by atoms with Gasteiger partial charge in [0.25, 0.3) is 0 Å². The highest BCUT2D eigenvalue weighted by molar-refractivity contribution is 4.82. The van der Waals surface area contributed by atoms with Gasteiger partial charge in [0, 0.05) is 59.4 Å². The molecule has 0 saturated carbocycles. The predicted octanol–water partition coefficient (Wildman–Crippen LogP) is 11.1. The van der Waals surface area contributed by atoms with Crippen molar-refractivity contribution in [3.05, 3.63) is 0 Å². The van der Waals surface area contributed by atoms with Crippen molar-refractivity contribution in [2.75, 3.05) is 99.7 Å². The molecule has 5 saturated heterocycles. The first kappa shape index (κ1) is 56.7. The van der Waals surface area contributed by atoms with E-state index < -0.39 is 0 Å². The number of nitrogens with zero attached hydrogens (tertiary/aromatic N) is 7. The summed E-state index contributed by atoms with van der Waals surface area (Å²) in [5, 5.41) is 0. The monoisotopic (exact) mass is 808 g/mol. The smallest absolute Gasteiger partial charge is 0.0126 e. The van der Waals surface area contributed by atoms with Crippen LogP contribution in [-0.4, -0.2) is 167 Å². The molecule has 0 amide bonds. The fraction of sp³-hybridized carbons (Fsp3) is 1.00. The lowest BCUT2D eigenvalue weighted by atomic mass is 10.0. The Balaban J connectivity index is 0.000000664. The molecule has 0 aromatic carbocycles. The van der Waals surface area contributed by atoms with Gasteiger partial charge in [0.05, 0.1) is 0 Å². The van der Waals surface area contributed by atoms with Gasteiger partial charge in [-0.3, -0.25) is 24.5 Å². The van der Waals surface area contributed by atoms with Gasteiger partial charge in [0.2, 0.25) is 0 Å². The molecule has 344 valence electrons. The molecule has 0 aromatic rings. The summed E-state index contributed by atoms with van der Waals surface area (Å²) in [7, 11) is 6.36. The second-order valence-electron chi connectivity index (χ2n) is 24.0. The first-order valence-electron chi connectivity index (χ1n) is 24.0. The molecular formula is C50H109N7. The van der Waals surface area contributed by atoms with Gasteiger partial charge in [0.15, 0.2) is 0 Å². The molecular weight excluding hydrogens is 699 g/mol. The Morgan fingerprint density at radius 1 is 0.263 bits per heavy atom. The van der Waals surface area contributed by atoms with Crippen LogP contribution in [0.2, 0.25) is 0 Å². The summed E-state index contributed by atoms with van der Waals surface area (Å²) in [6.07, 6.45) is 15.5. The van der Waals surface area contributed by atoms with Crippen LogP contribution in [0.3, 0.4) is 0 Å². The number of piperidine rings is 3. The van der Waals surface area contributed by atoms with Gasteiger partial charge >= 0.3 is 0 Å². The molecule has 0 atom stereocenters. The lowest BCUT2D eigenvalue weighted by molar-refractivity contribution is 0.0735. The average Bonchev–Trinajstić information content (AvgIpc) is 3.66. The molecule has 0 radical (unpaired) electrons. The van der Waals surface area contributed by atoms with Crippen molar-refractivity contribution in [2.24, 2.45) is 0 Å². The minimum absolute atomic E-state index is 0.333. The highest BCUT2D eigenvalue weighted by Gasteiger charge is 2.26. The number of piperazine rings is 1. The molecule has 5 aliphatic heterocycles. The molecule has 5 aliphatic rings. The fourth-order valence-electron chi connectivity index (χ4n) is 7.56. The van der Waals surface area contributed by atoms with Gasteiger partial charge in [-0.2, -0.15) is 0 Å². The van der Waals surface area contributed by atoms with Crippen LogP contribution in [0.4, 0.5) is 0 Å². The summed E-state index contributed by atoms with van der Waals surface area (Å²) in [6.45, 7) is 56.4. The molecule has 5 fully saturated rings. The molecule has 0 bridgehead atoms. The molecule has 7 nitrogen and oxygen atoms in total. The van der Waals surface area contributed by atoms with E-state index in [1.165, 1.54) is 149 Å². The van der Waals surface area contributed by atoms with Crippen LogP contribution >= 0.6 is 0 Å². The second-order valence-corrected chi connectivity index (χ2v) is 24.0. The normalized spacial score (nSPS) is 22.0. The summed E-state index contributed by atoms with van der Waals surface area (Å²) in [5.41, 5.74) is 2.32. The number of rotatable bonds is 0. The third-order valence-electron chi connectivity index (χ3n) is 12.8. The summed E-state index contributed by atoms with van der Waals surface area (Å²) in [4.78, 5) is 17.4. The summed E-state index contributed by atoms with van der Waals surface area (Å²) in [5.74, 6) is 0. The van der Waals surface area contributed by atoms with E-state index in [2.05, 4.69) is 180 Å². The Morgan fingerprint density at radius 3 is 0.561 bits per heavy atom. The van der Waals surface area contributed by atoms with Crippen LogP contribution in [-0.2, 0) is 0 Å². The van der Waals surface area contributed by atoms with Gasteiger partial charge in [-0.15, -0.1) is 0 Å². The second kappa shape index (κ2) is 26.3. The van der Waals surface area contributed by atoms with E-state index in [4.69, 9.17) is 0 Å². The molecule has 5 heterocycles. The van der Waals surface area contributed by atoms with E-state index in [-0.39, 0.29) is 0 Å². The average molecular weight is 808 g/mol. The summed E-state index contributed by atoms with van der Waals surface area (Å²) >= 11 is 0. The van der Waals surface area contributed by atoms with E-state index in [0.717, 1.165) is 0 Å². The maximum Gasteiger partial charge on any atom is 0.0126 e. The summed E-state index contributed by atoms with van der Waals surface area (Å²) in [6, 6.07) is 0. The lowest BCUT2D eigenvalue weighted by Gasteiger charge is -2.41. The van der Waals surface area contributed by atoms with E-state index in [0.29, 0.717) is 33.2 Å².